The van der Waals surface area contributed by atoms with Crippen LogP contribution in [0.1, 0.15) is 72.1 Å². The lowest BCUT2D eigenvalue weighted by molar-refractivity contribution is -0.279. The maximum Gasteiger partial charge on any atom is 0.335 e. The molecule has 0 aromatic heterocycles. The molecule has 0 aromatic rings. The van der Waals surface area contributed by atoms with Gasteiger partial charge in [-0.3, -0.25) is 9.59 Å². The summed E-state index contributed by atoms with van der Waals surface area (Å²) in [5.41, 5.74) is 1.95. The summed E-state index contributed by atoms with van der Waals surface area (Å²) in [5.74, 6) is 1.77. The van der Waals surface area contributed by atoms with Crippen molar-refractivity contribution in [3.63, 3.8) is 0 Å². The van der Waals surface area contributed by atoms with Gasteiger partial charge in [-0.2, -0.15) is 0 Å². The van der Waals surface area contributed by atoms with E-state index < -0.39 is 36.7 Å². The van der Waals surface area contributed by atoms with Crippen molar-refractivity contribution in [2.45, 2.75) is 103 Å². The Morgan fingerprint density at radius 1 is 0.917 bits per heavy atom. The smallest absolute Gasteiger partial charge is 0.335 e. The molecule has 0 spiro atoms. The number of fused-ring (bicyclic) bond motifs is 5. The molecule has 5 rings (SSSR count). The van der Waals surface area contributed by atoms with E-state index in [4.69, 9.17) is 25.5 Å². The number of Topliss-reactive ketones (excluding diaryl/α,β-unsaturated/α-hetero) is 1. The normalized spacial score (nSPS) is 47.9. The van der Waals surface area contributed by atoms with Gasteiger partial charge in [0, 0.05) is 12.3 Å². The van der Waals surface area contributed by atoms with E-state index >= 15 is 0 Å². The lowest BCUT2D eigenvalue weighted by Crippen LogP contribution is -2.59. The fourth-order valence-electron chi connectivity index (χ4n) is 8.29. The number of carboxylic acids is 1. The SMILES string of the molecule is CC(=O)[C@H]1CC[C@H]2[C@@H]3CCC4=CC(=O)CC[C@]4(C)[C@H]3CC[C@]12C.O=C(O)[C@H]1OC(O)[C@H](O)[C@@H](O)[C@@H]1O. The van der Waals surface area contributed by atoms with E-state index in [0.717, 1.165) is 43.4 Å². The summed E-state index contributed by atoms with van der Waals surface area (Å²) in [4.78, 5) is 34.4. The predicted molar refractivity (Wildman–Crippen MR) is 127 cm³/mol. The molecule has 0 radical (unpaired) electrons. The summed E-state index contributed by atoms with van der Waals surface area (Å²) in [7, 11) is 0. The molecular formula is C27H40O9. The Kier molecular flexibility index (Phi) is 7.54. The van der Waals surface area contributed by atoms with Crippen molar-refractivity contribution in [2.24, 2.45) is 34.5 Å². The number of carbonyl (C=O) groups excluding carboxylic acids is 2. The number of allylic oxidation sites excluding steroid dienone is 1. The molecule has 36 heavy (non-hydrogen) atoms. The van der Waals surface area contributed by atoms with E-state index in [9.17, 15) is 14.4 Å². The van der Waals surface area contributed by atoms with E-state index in [0.29, 0.717) is 17.5 Å². The second-order valence-corrected chi connectivity index (χ2v) is 12.0. The summed E-state index contributed by atoms with van der Waals surface area (Å²) in [5, 5.41) is 44.4. The molecule has 3 saturated carbocycles. The molecule has 4 aliphatic carbocycles. The van der Waals surface area contributed by atoms with Crippen LogP contribution in [0.5, 0.6) is 0 Å². The molecule has 1 heterocycles. The van der Waals surface area contributed by atoms with Gasteiger partial charge in [0.2, 0.25) is 0 Å². The van der Waals surface area contributed by atoms with E-state index in [1.165, 1.54) is 31.3 Å². The van der Waals surface area contributed by atoms with Crippen molar-refractivity contribution in [1.29, 1.82) is 0 Å². The fraction of sp³-hybridized carbons (Fsp3) is 0.815. The van der Waals surface area contributed by atoms with Crippen LogP contribution < -0.4 is 0 Å². The summed E-state index contributed by atoms with van der Waals surface area (Å²) >= 11 is 0. The average Bonchev–Trinajstić information content (AvgIpc) is 3.18. The first-order valence-electron chi connectivity index (χ1n) is 13.2. The molecule has 5 aliphatic rings. The Balaban J connectivity index is 0.000000200. The number of aliphatic carboxylic acids is 1. The second kappa shape index (κ2) is 9.91. The maximum atomic E-state index is 12.1. The number of carboxylic acid groups (broad SMARTS) is 1. The third-order valence-electron chi connectivity index (χ3n) is 10.3. The molecule has 0 aromatic carbocycles. The second-order valence-electron chi connectivity index (χ2n) is 12.0. The van der Waals surface area contributed by atoms with Crippen LogP contribution in [0.25, 0.3) is 0 Å². The van der Waals surface area contributed by atoms with E-state index in [-0.39, 0.29) is 10.8 Å². The lowest BCUT2D eigenvalue weighted by Gasteiger charge is -2.58. The first-order chi connectivity index (χ1) is 16.8. The molecule has 0 amide bonds. The van der Waals surface area contributed by atoms with Crippen molar-refractivity contribution in [1.82, 2.24) is 0 Å². The number of rotatable bonds is 2. The van der Waals surface area contributed by atoms with Gasteiger partial charge in [0.1, 0.15) is 24.1 Å². The third-order valence-corrected chi connectivity index (χ3v) is 10.3. The summed E-state index contributed by atoms with van der Waals surface area (Å²) in [6.07, 6.45) is 2.22. The minimum Gasteiger partial charge on any atom is -0.479 e. The molecule has 4 fully saturated rings. The Morgan fingerprint density at radius 2 is 1.61 bits per heavy atom. The van der Waals surface area contributed by atoms with Crippen LogP contribution in [0.2, 0.25) is 0 Å². The summed E-state index contributed by atoms with van der Waals surface area (Å²) < 4.78 is 4.34. The highest BCUT2D eigenvalue weighted by Gasteiger charge is 2.59. The first kappa shape index (κ1) is 27.4. The molecule has 202 valence electrons. The Morgan fingerprint density at radius 3 is 2.25 bits per heavy atom. The predicted octanol–water partition coefficient (Wildman–Crippen LogP) is 1.59. The van der Waals surface area contributed by atoms with Gasteiger partial charge in [-0.05, 0) is 86.5 Å². The zero-order chi connectivity index (χ0) is 26.6. The first-order valence-corrected chi connectivity index (χ1v) is 13.2. The van der Waals surface area contributed by atoms with Crippen LogP contribution in [0.15, 0.2) is 11.6 Å². The highest BCUT2D eigenvalue weighted by Crippen LogP contribution is 2.66. The van der Waals surface area contributed by atoms with Crippen molar-refractivity contribution >= 4 is 17.5 Å². The Hall–Kier alpha value is -1.65. The van der Waals surface area contributed by atoms with Crippen LogP contribution >= 0.6 is 0 Å². The number of ether oxygens (including phenoxy) is 1. The molecule has 1 aliphatic heterocycles. The number of aliphatic hydroxyl groups excluding tert-OH is 4. The van der Waals surface area contributed by atoms with E-state index in [1.54, 1.807) is 6.92 Å². The van der Waals surface area contributed by atoms with Gasteiger partial charge in [0.15, 0.2) is 18.2 Å². The monoisotopic (exact) mass is 508 g/mol. The lowest BCUT2D eigenvalue weighted by atomic mass is 9.47. The number of hydrogen-bond acceptors (Lipinski definition) is 8. The number of ketones is 2. The van der Waals surface area contributed by atoms with Crippen LogP contribution in [-0.4, -0.2) is 73.8 Å². The minimum absolute atomic E-state index is 0.245. The van der Waals surface area contributed by atoms with Crippen LogP contribution in [0.4, 0.5) is 0 Å². The van der Waals surface area contributed by atoms with Gasteiger partial charge in [0.25, 0.3) is 0 Å². The van der Waals surface area contributed by atoms with Gasteiger partial charge in [-0.1, -0.05) is 19.4 Å². The zero-order valence-electron chi connectivity index (χ0n) is 21.3. The molecule has 0 bridgehead atoms. The molecule has 11 atom stereocenters. The number of hydrogen-bond donors (Lipinski definition) is 5. The van der Waals surface area contributed by atoms with Crippen molar-refractivity contribution < 1.29 is 44.7 Å². The molecule has 9 nitrogen and oxygen atoms in total. The Labute approximate surface area is 211 Å². The quantitative estimate of drug-likeness (QED) is 0.373. The van der Waals surface area contributed by atoms with Crippen LogP contribution in [0.3, 0.4) is 0 Å². The zero-order valence-corrected chi connectivity index (χ0v) is 21.3. The van der Waals surface area contributed by atoms with E-state index in [1.807, 2.05) is 6.08 Å². The largest absolute Gasteiger partial charge is 0.479 e. The van der Waals surface area contributed by atoms with Gasteiger partial charge in [0.05, 0.1) is 0 Å². The van der Waals surface area contributed by atoms with Crippen molar-refractivity contribution in [2.75, 3.05) is 0 Å². The average molecular weight is 509 g/mol. The summed E-state index contributed by atoms with van der Waals surface area (Å²) in [6, 6.07) is 0. The van der Waals surface area contributed by atoms with Gasteiger partial charge in [-0.15, -0.1) is 0 Å². The molecule has 1 saturated heterocycles. The minimum atomic E-state index is -1.81. The van der Waals surface area contributed by atoms with Crippen LogP contribution in [0, 0.1) is 34.5 Å². The highest BCUT2D eigenvalue weighted by atomic mass is 16.6. The fourth-order valence-corrected chi connectivity index (χ4v) is 8.29. The molecular weight excluding hydrogens is 468 g/mol. The van der Waals surface area contributed by atoms with Crippen molar-refractivity contribution in [3.05, 3.63) is 11.6 Å². The maximum absolute atomic E-state index is 12.1. The number of carbonyl (C=O) groups is 3. The van der Waals surface area contributed by atoms with Gasteiger partial charge < -0.3 is 30.3 Å². The Bertz CT molecular complexity index is 930. The summed E-state index contributed by atoms with van der Waals surface area (Å²) in [6.45, 7) is 6.65. The van der Waals surface area contributed by atoms with Gasteiger partial charge in [-0.25, -0.2) is 4.79 Å². The highest BCUT2D eigenvalue weighted by molar-refractivity contribution is 5.91. The molecule has 5 N–H and O–H groups in total. The van der Waals surface area contributed by atoms with Crippen molar-refractivity contribution in [3.8, 4) is 0 Å². The number of aliphatic hydroxyl groups is 4. The van der Waals surface area contributed by atoms with E-state index in [2.05, 4.69) is 18.6 Å². The third kappa shape index (κ3) is 4.47. The van der Waals surface area contributed by atoms with Crippen LogP contribution in [-0.2, 0) is 19.1 Å². The molecule has 1 unspecified atom stereocenters. The van der Waals surface area contributed by atoms with Gasteiger partial charge >= 0.3 is 5.97 Å². The molecule has 9 heteroatoms. The topological polar surface area (TPSA) is 162 Å². The standard InChI is InChI=1S/C21H30O2.C6H10O7/c1-13(22)17-6-7-18-16-5-4-14-12-15(23)8-10-20(14,2)19(16)9-11-21(17,18)3;7-1-2(8)4(5(10)11)13-6(12)3(1)9/h12,16-19H,4-11H2,1-3H3;1-4,6-9,12H,(H,10,11)/t16-,17+,18-,19-,20-,21+;1-,2-,3+,4-,6?/m00/s1.